The second-order valence-electron chi connectivity index (χ2n) is 3.78. The van der Waals surface area contributed by atoms with E-state index in [4.69, 9.17) is 20.0 Å². The fourth-order valence-corrected chi connectivity index (χ4v) is 1.96. The van der Waals surface area contributed by atoms with Crippen molar-refractivity contribution in [1.82, 2.24) is 0 Å². The lowest BCUT2D eigenvalue weighted by atomic mass is 9.87. The van der Waals surface area contributed by atoms with Crippen molar-refractivity contribution in [3.8, 4) is 12.1 Å². The first kappa shape index (κ1) is 11.6. The maximum Gasteiger partial charge on any atom is 0.166 e. The number of rotatable bonds is 3. The molecule has 0 spiro atoms. The quantitative estimate of drug-likeness (QED) is 0.791. The summed E-state index contributed by atoms with van der Waals surface area (Å²) in [6.45, 7) is 1.02. The molecular formula is C13H12N2O2. The summed E-state index contributed by atoms with van der Waals surface area (Å²) >= 11 is 0. The Morgan fingerprint density at radius 3 is 2.18 bits per heavy atom. The molecule has 0 amide bonds. The fourth-order valence-electron chi connectivity index (χ4n) is 1.96. The van der Waals surface area contributed by atoms with Gasteiger partial charge in [0.25, 0.3) is 0 Å². The van der Waals surface area contributed by atoms with E-state index in [0.717, 1.165) is 5.56 Å². The highest BCUT2D eigenvalue weighted by Gasteiger charge is 2.35. The second kappa shape index (κ2) is 5.45. The largest absolute Gasteiger partial charge is 0.350 e. The zero-order valence-corrected chi connectivity index (χ0v) is 9.24. The average Bonchev–Trinajstić information content (AvgIpc) is 2.90. The predicted octanol–water partition coefficient (Wildman–Crippen LogP) is 1.81. The Bertz CT molecular complexity index is 427. The van der Waals surface area contributed by atoms with E-state index >= 15 is 0 Å². The van der Waals surface area contributed by atoms with Crippen molar-refractivity contribution in [2.24, 2.45) is 5.92 Å². The third-order valence-corrected chi connectivity index (χ3v) is 2.76. The molecule has 1 fully saturated rings. The minimum atomic E-state index is -0.763. The van der Waals surface area contributed by atoms with Crippen LogP contribution >= 0.6 is 0 Å². The molecule has 1 atom stereocenters. The summed E-state index contributed by atoms with van der Waals surface area (Å²) in [5.41, 5.74) is 0.896. The van der Waals surface area contributed by atoms with Gasteiger partial charge in [0.1, 0.15) is 5.92 Å². The van der Waals surface area contributed by atoms with Crippen molar-refractivity contribution in [3.05, 3.63) is 35.9 Å². The minimum absolute atomic E-state index is 0.353. The van der Waals surface area contributed by atoms with Gasteiger partial charge in [0.15, 0.2) is 6.29 Å². The Kier molecular flexibility index (Phi) is 3.72. The van der Waals surface area contributed by atoms with Crippen molar-refractivity contribution in [2.45, 2.75) is 12.2 Å². The van der Waals surface area contributed by atoms with Crippen molar-refractivity contribution < 1.29 is 9.47 Å². The van der Waals surface area contributed by atoms with Crippen LogP contribution < -0.4 is 0 Å². The molecule has 1 aromatic carbocycles. The second-order valence-corrected chi connectivity index (χ2v) is 3.78. The lowest BCUT2D eigenvalue weighted by Crippen LogP contribution is -2.25. The summed E-state index contributed by atoms with van der Waals surface area (Å²) in [6.07, 6.45) is -0.498. The highest BCUT2D eigenvalue weighted by molar-refractivity contribution is 5.26. The predicted molar refractivity (Wildman–Crippen MR) is 59.6 cm³/mol. The SMILES string of the molecule is N#CC(C#N)[C@@H](c1ccccc1)C1OCCO1. The molecule has 1 heterocycles. The molecule has 0 saturated carbocycles. The summed E-state index contributed by atoms with van der Waals surface area (Å²) in [6, 6.07) is 13.4. The molecule has 0 bridgehead atoms. The highest BCUT2D eigenvalue weighted by Crippen LogP contribution is 2.32. The Balaban J connectivity index is 2.31. The van der Waals surface area contributed by atoms with Gasteiger partial charge in [-0.2, -0.15) is 10.5 Å². The molecule has 2 rings (SSSR count). The van der Waals surface area contributed by atoms with Crippen LogP contribution in [-0.4, -0.2) is 19.5 Å². The lowest BCUT2D eigenvalue weighted by molar-refractivity contribution is -0.0652. The maximum absolute atomic E-state index is 9.03. The smallest absolute Gasteiger partial charge is 0.166 e. The molecule has 4 nitrogen and oxygen atoms in total. The number of ether oxygens (including phenoxy) is 2. The van der Waals surface area contributed by atoms with E-state index in [2.05, 4.69) is 0 Å². The zero-order valence-electron chi connectivity index (χ0n) is 9.24. The van der Waals surface area contributed by atoms with Crippen LogP contribution in [0.25, 0.3) is 0 Å². The van der Waals surface area contributed by atoms with Crippen LogP contribution in [0.2, 0.25) is 0 Å². The first-order valence-electron chi connectivity index (χ1n) is 5.44. The average molecular weight is 228 g/mol. The normalized spacial score (nSPS) is 17.6. The van der Waals surface area contributed by atoms with Crippen LogP contribution in [0.15, 0.2) is 30.3 Å². The Hall–Kier alpha value is -1.88. The fraction of sp³-hybridized carbons (Fsp3) is 0.385. The molecular weight excluding hydrogens is 216 g/mol. The molecule has 1 aliphatic rings. The Morgan fingerprint density at radius 2 is 1.65 bits per heavy atom. The minimum Gasteiger partial charge on any atom is -0.350 e. The van der Waals surface area contributed by atoms with Gasteiger partial charge in [-0.25, -0.2) is 0 Å². The van der Waals surface area contributed by atoms with Crippen LogP contribution in [0.4, 0.5) is 0 Å². The molecule has 0 N–H and O–H groups in total. The summed E-state index contributed by atoms with van der Waals surface area (Å²) in [5, 5.41) is 18.1. The standard InChI is InChI=1S/C13H12N2O2/c14-8-11(9-15)12(13-16-6-7-17-13)10-4-2-1-3-5-10/h1-5,11-13H,6-7H2/t12-/m1/s1. The van der Waals surface area contributed by atoms with Gasteiger partial charge in [0.2, 0.25) is 0 Å². The molecule has 86 valence electrons. The van der Waals surface area contributed by atoms with Gasteiger partial charge in [-0.3, -0.25) is 0 Å². The molecule has 0 aromatic heterocycles. The van der Waals surface area contributed by atoms with Gasteiger partial charge >= 0.3 is 0 Å². The van der Waals surface area contributed by atoms with E-state index < -0.39 is 12.2 Å². The summed E-state index contributed by atoms with van der Waals surface area (Å²) < 4.78 is 10.9. The van der Waals surface area contributed by atoms with Gasteiger partial charge in [0, 0.05) is 0 Å². The molecule has 1 aromatic rings. The van der Waals surface area contributed by atoms with Gasteiger partial charge < -0.3 is 9.47 Å². The van der Waals surface area contributed by atoms with Crippen molar-refractivity contribution >= 4 is 0 Å². The van der Waals surface area contributed by atoms with E-state index in [0.29, 0.717) is 13.2 Å². The van der Waals surface area contributed by atoms with Gasteiger partial charge in [-0.05, 0) is 5.56 Å². The first-order valence-corrected chi connectivity index (χ1v) is 5.44. The molecule has 4 heteroatoms. The van der Waals surface area contributed by atoms with E-state index in [-0.39, 0.29) is 5.92 Å². The molecule has 1 saturated heterocycles. The Morgan fingerprint density at radius 1 is 1.06 bits per heavy atom. The van der Waals surface area contributed by atoms with Crippen molar-refractivity contribution in [3.63, 3.8) is 0 Å². The number of hydrogen-bond donors (Lipinski definition) is 0. The van der Waals surface area contributed by atoms with Gasteiger partial charge in [-0.15, -0.1) is 0 Å². The summed E-state index contributed by atoms with van der Waals surface area (Å²) in [7, 11) is 0. The van der Waals surface area contributed by atoms with Crippen LogP contribution in [0.1, 0.15) is 11.5 Å². The number of hydrogen-bond acceptors (Lipinski definition) is 4. The van der Waals surface area contributed by atoms with Crippen LogP contribution in [-0.2, 0) is 9.47 Å². The third kappa shape index (κ3) is 2.45. The monoisotopic (exact) mass is 228 g/mol. The molecule has 1 aliphatic heterocycles. The van der Waals surface area contributed by atoms with Gasteiger partial charge in [-0.1, -0.05) is 30.3 Å². The molecule has 0 radical (unpaired) electrons. The molecule has 0 aliphatic carbocycles. The first-order chi connectivity index (χ1) is 8.36. The number of benzene rings is 1. The number of nitrogens with zero attached hydrogens (tertiary/aromatic N) is 2. The van der Waals surface area contributed by atoms with Crippen LogP contribution in [0, 0.1) is 28.6 Å². The van der Waals surface area contributed by atoms with E-state index in [1.807, 2.05) is 42.5 Å². The van der Waals surface area contributed by atoms with Crippen molar-refractivity contribution in [2.75, 3.05) is 13.2 Å². The van der Waals surface area contributed by atoms with Crippen LogP contribution in [0.3, 0.4) is 0 Å². The summed E-state index contributed by atoms with van der Waals surface area (Å²) in [5.74, 6) is -1.12. The van der Waals surface area contributed by atoms with Crippen molar-refractivity contribution in [1.29, 1.82) is 10.5 Å². The Labute approximate surface area is 100.0 Å². The number of nitriles is 2. The maximum atomic E-state index is 9.03. The summed E-state index contributed by atoms with van der Waals surface area (Å²) in [4.78, 5) is 0. The van der Waals surface area contributed by atoms with E-state index in [1.54, 1.807) is 0 Å². The van der Waals surface area contributed by atoms with E-state index in [9.17, 15) is 0 Å². The van der Waals surface area contributed by atoms with Crippen LogP contribution in [0.5, 0.6) is 0 Å². The lowest BCUT2D eigenvalue weighted by Gasteiger charge is -2.22. The topological polar surface area (TPSA) is 66.0 Å². The highest BCUT2D eigenvalue weighted by atomic mass is 16.7. The third-order valence-electron chi connectivity index (χ3n) is 2.76. The van der Waals surface area contributed by atoms with E-state index in [1.165, 1.54) is 0 Å². The zero-order chi connectivity index (χ0) is 12.1. The molecule has 17 heavy (non-hydrogen) atoms. The van der Waals surface area contributed by atoms with Gasteiger partial charge in [0.05, 0.1) is 31.3 Å². The molecule has 0 unspecified atom stereocenters.